The van der Waals surface area contributed by atoms with E-state index in [2.05, 4.69) is 9.97 Å². The van der Waals surface area contributed by atoms with Crippen LogP contribution in [-0.4, -0.2) is 28.1 Å². The molecule has 0 aliphatic rings. The number of pyridine rings is 2. The van der Waals surface area contributed by atoms with Crippen molar-refractivity contribution in [3.63, 3.8) is 0 Å². The third kappa shape index (κ3) is 3.20. The number of rotatable bonds is 4. The molecular weight excluding hydrogens is 266 g/mol. The van der Waals surface area contributed by atoms with Crippen LogP contribution in [0.3, 0.4) is 0 Å². The highest BCUT2D eigenvalue weighted by atomic mass is 35.5. The Balaban J connectivity index is 2.30. The molecule has 2 rings (SSSR count). The minimum Gasteiger partial charge on any atom is -0.478 e. The molecule has 6 heteroatoms. The molecule has 5 nitrogen and oxygen atoms in total. The SMILES string of the molecule is CN(Cc1ccncc1)c1nc(Cl)ccc1C(=O)O. The highest BCUT2D eigenvalue weighted by Gasteiger charge is 2.15. The van der Waals surface area contributed by atoms with Crippen molar-refractivity contribution >= 4 is 23.4 Å². The van der Waals surface area contributed by atoms with Crippen LogP contribution in [0, 0.1) is 0 Å². The van der Waals surface area contributed by atoms with Gasteiger partial charge in [0.15, 0.2) is 0 Å². The first-order chi connectivity index (χ1) is 9.08. The Morgan fingerprint density at radius 1 is 1.32 bits per heavy atom. The van der Waals surface area contributed by atoms with E-state index in [1.165, 1.54) is 12.1 Å². The van der Waals surface area contributed by atoms with E-state index in [0.29, 0.717) is 12.4 Å². The summed E-state index contributed by atoms with van der Waals surface area (Å²) in [6.07, 6.45) is 3.37. The summed E-state index contributed by atoms with van der Waals surface area (Å²) in [4.78, 5) is 20.9. The van der Waals surface area contributed by atoms with Crippen molar-refractivity contribution in [1.29, 1.82) is 0 Å². The highest BCUT2D eigenvalue weighted by Crippen LogP contribution is 2.21. The van der Waals surface area contributed by atoms with Gasteiger partial charge in [0.05, 0.1) is 0 Å². The minimum absolute atomic E-state index is 0.126. The van der Waals surface area contributed by atoms with E-state index >= 15 is 0 Å². The van der Waals surface area contributed by atoms with Gasteiger partial charge >= 0.3 is 5.97 Å². The van der Waals surface area contributed by atoms with Gasteiger partial charge in [0.1, 0.15) is 16.5 Å². The second-order valence-electron chi connectivity index (χ2n) is 4.02. The summed E-state index contributed by atoms with van der Waals surface area (Å²) in [5.41, 5.74) is 1.14. The number of aromatic carboxylic acids is 1. The van der Waals surface area contributed by atoms with Gasteiger partial charge < -0.3 is 10.0 Å². The maximum absolute atomic E-state index is 11.2. The summed E-state index contributed by atoms with van der Waals surface area (Å²) in [6, 6.07) is 6.65. The number of anilines is 1. The summed E-state index contributed by atoms with van der Waals surface area (Å²) >= 11 is 5.83. The van der Waals surface area contributed by atoms with Crippen molar-refractivity contribution in [2.75, 3.05) is 11.9 Å². The molecule has 0 fully saturated rings. The fraction of sp³-hybridized carbons (Fsp3) is 0.154. The third-order valence-corrected chi connectivity index (χ3v) is 2.81. The van der Waals surface area contributed by atoms with Crippen LogP contribution >= 0.6 is 11.6 Å². The van der Waals surface area contributed by atoms with Crippen LogP contribution in [0.25, 0.3) is 0 Å². The molecule has 0 saturated heterocycles. The van der Waals surface area contributed by atoms with Gasteiger partial charge in [-0.3, -0.25) is 4.98 Å². The molecule has 0 amide bonds. The van der Waals surface area contributed by atoms with E-state index in [1.807, 2.05) is 12.1 Å². The molecule has 0 saturated carbocycles. The van der Waals surface area contributed by atoms with Crippen LogP contribution in [0.15, 0.2) is 36.7 Å². The lowest BCUT2D eigenvalue weighted by Crippen LogP contribution is -2.21. The molecule has 2 aromatic rings. The zero-order chi connectivity index (χ0) is 13.8. The number of carboxylic acids is 1. The molecular formula is C13H12ClN3O2. The van der Waals surface area contributed by atoms with E-state index in [-0.39, 0.29) is 10.7 Å². The Hall–Kier alpha value is -2.14. The molecule has 2 heterocycles. The van der Waals surface area contributed by atoms with Crippen LogP contribution in [0.4, 0.5) is 5.82 Å². The first-order valence-electron chi connectivity index (χ1n) is 5.58. The second kappa shape index (κ2) is 5.67. The second-order valence-corrected chi connectivity index (χ2v) is 4.41. The van der Waals surface area contributed by atoms with E-state index < -0.39 is 5.97 Å². The highest BCUT2D eigenvalue weighted by molar-refractivity contribution is 6.29. The summed E-state index contributed by atoms with van der Waals surface area (Å²) in [6.45, 7) is 0.524. The summed E-state index contributed by atoms with van der Waals surface area (Å²) < 4.78 is 0. The zero-order valence-corrected chi connectivity index (χ0v) is 11.0. The Morgan fingerprint density at radius 3 is 2.63 bits per heavy atom. The van der Waals surface area contributed by atoms with Crippen molar-refractivity contribution in [1.82, 2.24) is 9.97 Å². The van der Waals surface area contributed by atoms with Crippen LogP contribution in [-0.2, 0) is 6.54 Å². The van der Waals surface area contributed by atoms with Crippen molar-refractivity contribution in [3.05, 3.63) is 52.9 Å². The maximum atomic E-state index is 11.2. The maximum Gasteiger partial charge on any atom is 0.339 e. The van der Waals surface area contributed by atoms with Crippen LogP contribution in [0.1, 0.15) is 15.9 Å². The Kier molecular flexibility index (Phi) is 3.97. The van der Waals surface area contributed by atoms with Crippen molar-refractivity contribution in [3.8, 4) is 0 Å². The number of halogens is 1. The van der Waals surface area contributed by atoms with Crippen molar-refractivity contribution in [2.45, 2.75) is 6.54 Å². The Morgan fingerprint density at radius 2 is 2.00 bits per heavy atom. The van der Waals surface area contributed by atoms with Gasteiger partial charge in [-0.1, -0.05) is 11.6 Å². The van der Waals surface area contributed by atoms with Crippen molar-refractivity contribution in [2.24, 2.45) is 0 Å². The smallest absolute Gasteiger partial charge is 0.339 e. The average molecular weight is 278 g/mol. The first kappa shape index (κ1) is 13.3. The quantitative estimate of drug-likeness (QED) is 0.870. The summed E-state index contributed by atoms with van der Waals surface area (Å²) in [5.74, 6) is -0.683. The molecule has 0 aliphatic carbocycles. The summed E-state index contributed by atoms with van der Waals surface area (Å²) in [7, 11) is 1.77. The molecule has 19 heavy (non-hydrogen) atoms. The Bertz CT molecular complexity index is 590. The number of nitrogens with zero attached hydrogens (tertiary/aromatic N) is 3. The molecule has 98 valence electrons. The molecule has 0 aromatic carbocycles. The fourth-order valence-electron chi connectivity index (χ4n) is 1.72. The zero-order valence-electron chi connectivity index (χ0n) is 10.2. The van der Waals surface area contributed by atoms with Gasteiger partial charge in [-0.05, 0) is 29.8 Å². The van der Waals surface area contributed by atoms with Gasteiger partial charge in [-0.15, -0.1) is 0 Å². The van der Waals surface area contributed by atoms with E-state index in [1.54, 1.807) is 24.3 Å². The first-order valence-corrected chi connectivity index (χ1v) is 5.95. The minimum atomic E-state index is -1.03. The largest absolute Gasteiger partial charge is 0.478 e. The number of hydrogen-bond acceptors (Lipinski definition) is 4. The number of aromatic nitrogens is 2. The number of hydrogen-bond donors (Lipinski definition) is 1. The normalized spacial score (nSPS) is 10.2. The van der Waals surface area contributed by atoms with Crippen LogP contribution < -0.4 is 4.90 Å². The fourth-order valence-corrected chi connectivity index (χ4v) is 1.86. The molecule has 2 aromatic heterocycles. The van der Waals surface area contributed by atoms with Crippen molar-refractivity contribution < 1.29 is 9.90 Å². The van der Waals surface area contributed by atoms with Gasteiger partial charge in [0.2, 0.25) is 0 Å². The van der Waals surface area contributed by atoms with E-state index in [0.717, 1.165) is 5.56 Å². The Labute approximate surface area is 115 Å². The predicted octanol–water partition coefficient (Wildman–Crippen LogP) is 2.46. The van der Waals surface area contributed by atoms with Crippen LogP contribution in [0.2, 0.25) is 5.15 Å². The lowest BCUT2D eigenvalue weighted by Gasteiger charge is -2.20. The van der Waals surface area contributed by atoms with Gasteiger partial charge in [-0.2, -0.15) is 0 Å². The lowest BCUT2D eigenvalue weighted by molar-refractivity contribution is 0.0697. The topological polar surface area (TPSA) is 66.3 Å². The van der Waals surface area contributed by atoms with E-state index in [9.17, 15) is 4.79 Å². The number of carbonyl (C=O) groups is 1. The van der Waals surface area contributed by atoms with Gasteiger partial charge in [0.25, 0.3) is 0 Å². The standard InChI is InChI=1S/C13H12ClN3O2/c1-17(8-9-4-6-15-7-5-9)12-10(13(18)19)2-3-11(14)16-12/h2-7H,8H2,1H3,(H,18,19). The molecule has 0 atom stereocenters. The van der Waals surface area contributed by atoms with E-state index in [4.69, 9.17) is 16.7 Å². The molecule has 1 N–H and O–H groups in total. The van der Waals surface area contributed by atoms with Gasteiger partial charge in [-0.25, -0.2) is 9.78 Å². The summed E-state index contributed by atoms with van der Waals surface area (Å²) in [5, 5.41) is 9.42. The molecule has 0 spiro atoms. The molecule has 0 radical (unpaired) electrons. The predicted molar refractivity (Wildman–Crippen MR) is 72.6 cm³/mol. The molecule has 0 aliphatic heterocycles. The van der Waals surface area contributed by atoms with Gasteiger partial charge in [0, 0.05) is 26.0 Å². The monoisotopic (exact) mass is 277 g/mol. The number of carboxylic acid groups (broad SMARTS) is 1. The third-order valence-electron chi connectivity index (χ3n) is 2.60. The lowest BCUT2D eigenvalue weighted by atomic mass is 10.2. The molecule has 0 unspecified atom stereocenters. The van der Waals surface area contributed by atoms with Crippen LogP contribution in [0.5, 0.6) is 0 Å². The average Bonchev–Trinajstić information content (AvgIpc) is 2.39. The molecule has 0 bridgehead atoms.